The number of nitrogens with zero attached hydrogens (tertiary/aromatic N) is 1. The van der Waals surface area contributed by atoms with E-state index in [2.05, 4.69) is 0 Å². The molecule has 3 aromatic rings. The van der Waals surface area contributed by atoms with Crippen molar-refractivity contribution >= 4 is 23.2 Å². The van der Waals surface area contributed by atoms with E-state index in [0.717, 1.165) is 16.7 Å². The minimum atomic E-state index is -0.219. The molecule has 2 aromatic carbocycles. The molecule has 0 saturated carbocycles. The first kappa shape index (κ1) is 22.0. The van der Waals surface area contributed by atoms with Crippen molar-refractivity contribution in [3.8, 4) is 11.5 Å². The zero-order valence-electron chi connectivity index (χ0n) is 18.4. The van der Waals surface area contributed by atoms with Crippen molar-refractivity contribution in [1.29, 1.82) is 0 Å². The van der Waals surface area contributed by atoms with Gasteiger partial charge in [0.05, 0.1) is 19.8 Å². The highest BCUT2D eigenvalue weighted by molar-refractivity contribution is 6.30. The third-order valence-corrected chi connectivity index (χ3v) is 6.15. The Bertz CT molecular complexity index is 1200. The van der Waals surface area contributed by atoms with E-state index in [1.54, 1.807) is 27.2 Å². The number of ketones is 2. The number of fused-ring (bicyclic) bond motifs is 1. The van der Waals surface area contributed by atoms with E-state index in [-0.39, 0.29) is 17.5 Å². The number of methoxy groups -OCH3 is 2. The summed E-state index contributed by atoms with van der Waals surface area (Å²) < 4.78 is 12.7. The van der Waals surface area contributed by atoms with Crippen LogP contribution >= 0.6 is 11.6 Å². The van der Waals surface area contributed by atoms with Crippen LogP contribution in [0.15, 0.2) is 54.9 Å². The molecule has 1 atom stereocenters. The SMILES string of the molecule is COc1cc2c(cc1OC)C(=O)C(Cc1cc[n+](Cc3cccc(Cl)c3)cc1C(C)=O)C2. The molecule has 0 saturated heterocycles. The Kier molecular flexibility index (Phi) is 6.28. The number of halogens is 1. The standard InChI is InChI=1S/C26H25ClNO4/c1-16(29)23-15-28(14-17-5-4-6-21(27)9-17)8-7-18(23)10-20-11-19-12-24(31-2)25(32-3)13-22(19)26(20)30/h4-9,12-13,15,20H,10-11,14H2,1-3H3/q+1. The van der Waals surface area contributed by atoms with Gasteiger partial charge in [0.1, 0.15) is 0 Å². The lowest BCUT2D eigenvalue weighted by atomic mass is 9.92. The summed E-state index contributed by atoms with van der Waals surface area (Å²) in [6, 6.07) is 13.2. The summed E-state index contributed by atoms with van der Waals surface area (Å²) in [7, 11) is 3.14. The van der Waals surface area contributed by atoms with Crippen molar-refractivity contribution in [2.24, 2.45) is 5.92 Å². The first-order valence-electron chi connectivity index (χ1n) is 10.5. The van der Waals surface area contributed by atoms with Crippen LogP contribution in [0.5, 0.6) is 11.5 Å². The second-order valence-electron chi connectivity index (χ2n) is 8.08. The maximum absolute atomic E-state index is 13.1. The molecule has 0 amide bonds. The smallest absolute Gasteiger partial charge is 0.180 e. The van der Waals surface area contributed by atoms with Gasteiger partial charge >= 0.3 is 0 Å². The van der Waals surface area contributed by atoms with Gasteiger partial charge in [-0.1, -0.05) is 23.7 Å². The molecular formula is C26H25ClNO4+. The molecule has 1 aliphatic rings. The third-order valence-electron chi connectivity index (χ3n) is 5.92. The largest absolute Gasteiger partial charge is 0.493 e. The Morgan fingerprint density at radius 3 is 2.56 bits per heavy atom. The van der Waals surface area contributed by atoms with Gasteiger partial charge < -0.3 is 9.47 Å². The minimum absolute atomic E-state index is 0.0215. The zero-order valence-corrected chi connectivity index (χ0v) is 19.1. The maximum atomic E-state index is 13.1. The number of aromatic nitrogens is 1. The maximum Gasteiger partial charge on any atom is 0.180 e. The van der Waals surface area contributed by atoms with Gasteiger partial charge in [0.25, 0.3) is 0 Å². The van der Waals surface area contributed by atoms with Gasteiger partial charge in [0, 0.05) is 28.1 Å². The van der Waals surface area contributed by atoms with Crippen LogP contribution in [0, 0.1) is 5.92 Å². The van der Waals surface area contributed by atoms with E-state index in [9.17, 15) is 9.59 Å². The average Bonchev–Trinajstić information content (AvgIpc) is 3.08. The van der Waals surface area contributed by atoms with Crippen LogP contribution in [0.25, 0.3) is 0 Å². The molecule has 0 radical (unpaired) electrons. The normalized spacial score (nSPS) is 14.9. The van der Waals surface area contributed by atoms with E-state index in [1.807, 2.05) is 53.4 Å². The number of rotatable bonds is 7. The Labute approximate surface area is 192 Å². The van der Waals surface area contributed by atoms with Crippen LogP contribution in [-0.2, 0) is 19.4 Å². The van der Waals surface area contributed by atoms with Gasteiger partial charge in [-0.3, -0.25) is 9.59 Å². The van der Waals surface area contributed by atoms with Gasteiger partial charge in [-0.25, -0.2) is 4.57 Å². The number of hydrogen-bond acceptors (Lipinski definition) is 4. The van der Waals surface area contributed by atoms with E-state index >= 15 is 0 Å². The lowest BCUT2D eigenvalue weighted by molar-refractivity contribution is -0.688. The molecule has 32 heavy (non-hydrogen) atoms. The molecule has 1 heterocycles. The highest BCUT2D eigenvalue weighted by Gasteiger charge is 2.33. The summed E-state index contributed by atoms with van der Waals surface area (Å²) in [5, 5.41) is 0.680. The minimum Gasteiger partial charge on any atom is -0.493 e. The summed E-state index contributed by atoms with van der Waals surface area (Å²) in [5.74, 6) is 0.999. The van der Waals surface area contributed by atoms with Crippen LogP contribution in [0.1, 0.15) is 44.3 Å². The van der Waals surface area contributed by atoms with Gasteiger partial charge in [-0.15, -0.1) is 0 Å². The van der Waals surface area contributed by atoms with Gasteiger partial charge in [0.15, 0.2) is 42.0 Å². The monoisotopic (exact) mass is 450 g/mol. The second kappa shape index (κ2) is 9.13. The number of carbonyl (C=O) groups is 2. The summed E-state index contributed by atoms with van der Waals surface area (Å²) >= 11 is 6.09. The number of carbonyl (C=O) groups excluding carboxylic acids is 2. The van der Waals surface area contributed by atoms with Crippen LogP contribution in [0.2, 0.25) is 5.02 Å². The van der Waals surface area contributed by atoms with E-state index in [0.29, 0.717) is 47.0 Å². The van der Waals surface area contributed by atoms with Crippen molar-refractivity contribution in [2.75, 3.05) is 14.2 Å². The van der Waals surface area contributed by atoms with Crippen molar-refractivity contribution in [3.63, 3.8) is 0 Å². The molecule has 0 bridgehead atoms. The van der Waals surface area contributed by atoms with Crippen LogP contribution in [0.3, 0.4) is 0 Å². The second-order valence-corrected chi connectivity index (χ2v) is 8.51. The van der Waals surface area contributed by atoms with Gasteiger partial charge in [-0.05, 0) is 55.2 Å². The predicted octanol–water partition coefficient (Wildman–Crippen LogP) is 4.49. The van der Waals surface area contributed by atoms with Crippen molar-refractivity contribution in [2.45, 2.75) is 26.3 Å². The molecule has 1 unspecified atom stereocenters. The molecule has 0 N–H and O–H groups in total. The lowest BCUT2D eigenvalue weighted by Gasteiger charge is -2.11. The van der Waals surface area contributed by atoms with Crippen LogP contribution < -0.4 is 14.0 Å². The number of ether oxygens (including phenoxy) is 2. The molecule has 0 aliphatic heterocycles. The average molecular weight is 451 g/mol. The van der Waals surface area contributed by atoms with Crippen molar-refractivity contribution in [3.05, 3.63) is 87.7 Å². The van der Waals surface area contributed by atoms with Crippen molar-refractivity contribution < 1.29 is 23.6 Å². The molecular weight excluding hydrogens is 426 g/mol. The zero-order chi connectivity index (χ0) is 22.8. The fourth-order valence-corrected chi connectivity index (χ4v) is 4.55. The fraction of sp³-hybridized carbons (Fsp3) is 0.269. The molecule has 5 nitrogen and oxygen atoms in total. The van der Waals surface area contributed by atoms with E-state index in [4.69, 9.17) is 21.1 Å². The lowest BCUT2D eigenvalue weighted by Crippen LogP contribution is -2.35. The van der Waals surface area contributed by atoms with Gasteiger partial charge in [-0.2, -0.15) is 0 Å². The highest BCUT2D eigenvalue weighted by Crippen LogP contribution is 2.37. The predicted molar refractivity (Wildman–Crippen MR) is 122 cm³/mol. The molecule has 164 valence electrons. The number of Topliss-reactive ketones (excluding diaryl/α,β-unsaturated/α-hetero) is 2. The summed E-state index contributed by atoms with van der Waals surface area (Å²) in [6.07, 6.45) is 4.92. The molecule has 0 spiro atoms. The number of benzene rings is 2. The molecule has 4 rings (SSSR count). The Morgan fingerprint density at radius 2 is 1.88 bits per heavy atom. The topological polar surface area (TPSA) is 56.5 Å². The molecule has 6 heteroatoms. The Morgan fingerprint density at radius 1 is 1.12 bits per heavy atom. The summed E-state index contributed by atoms with van der Waals surface area (Å²) in [5.41, 5.74) is 4.19. The van der Waals surface area contributed by atoms with Crippen LogP contribution in [-0.4, -0.2) is 25.8 Å². The van der Waals surface area contributed by atoms with Crippen molar-refractivity contribution in [1.82, 2.24) is 0 Å². The summed E-state index contributed by atoms with van der Waals surface area (Å²) in [6.45, 7) is 2.16. The Balaban J connectivity index is 1.58. The molecule has 1 aliphatic carbocycles. The van der Waals surface area contributed by atoms with Crippen LogP contribution in [0.4, 0.5) is 0 Å². The van der Waals surface area contributed by atoms with E-state index in [1.165, 1.54) is 0 Å². The first-order chi connectivity index (χ1) is 15.4. The number of hydrogen-bond donors (Lipinski definition) is 0. The number of pyridine rings is 1. The third kappa shape index (κ3) is 4.39. The molecule has 1 aromatic heterocycles. The Hall–Kier alpha value is -3.18. The molecule has 0 fully saturated rings. The highest BCUT2D eigenvalue weighted by atomic mass is 35.5. The fourth-order valence-electron chi connectivity index (χ4n) is 4.33. The summed E-state index contributed by atoms with van der Waals surface area (Å²) in [4.78, 5) is 25.5. The van der Waals surface area contributed by atoms with E-state index < -0.39 is 0 Å². The first-order valence-corrected chi connectivity index (χ1v) is 10.8. The van der Waals surface area contributed by atoms with Gasteiger partial charge in [0.2, 0.25) is 0 Å². The quantitative estimate of drug-likeness (QED) is 0.393.